The van der Waals surface area contributed by atoms with Crippen molar-refractivity contribution in [3.63, 3.8) is 0 Å². The van der Waals surface area contributed by atoms with Crippen molar-refractivity contribution in [2.45, 2.75) is 33.1 Å². The fraction of sp³-hybridized carbons (Fsp3) is 0.556. The van der Waals surface area contributed by atoms with Gasteiger partial charge in [-0.3, -0.25) is 4.79 Å². The van der Waals surface area contributed by atoms with Crippen molar-refractivity contribution in [2.75, 3.05) is 0 Å². The monoisotopic (exact) mass is 167 g/mol. The van der Waals surface area contributed by atoms with Crippen molar-refractivity contribution in [1.29, 1.82) is 0 Å². The quantitative estimate of drug-likeness (QED) is 0.646. The van der Waals surface area contributed by atoms with Gasteiger partial charge in [0.05, 0.1) is 5.69 Å². The van der Waals surface area contributed by atoms with Gasteiger partial charge in [0.15, 0.2) is 0 Å². The second-order valence-electron chi connectivity index (χ2n) is 2.71. The highest BCUT2D eigenvalue weighted by molar-refractivity contribution is 5.93. The van der Waals surface area contributed by atoms with Crippen LogP contribution in [0.15, 0.2) is 10.6 Å². The molecule has 0 aromatic carbocycles. The lowest BCUT2D eigenvalue weighted by atomic mass is 10.2. The summed E-state index contributed by atoms with van der Waals surface area (Å²) in [6.07, 6.45) is 2.37. The number of rotatable bonds is 4. The molecule has 0 spiro atoms. The maximum absolute atomic E-state index is 11.1. The third kappa shape index (κ3) is 1.94. The summed E-state index contributed by atoms with van der Waals surface area (Å²) in [7, 11) is 0. The Morgan fingerprint density at radius 2 is 2.33 bits per heavy atom. The molecular formula is C9H13NO2. The van der Waals surface area contributed by atoms with Crippen molar-refractivity contribution < 1.29 is 9.32 Å². The van der Waals surface area contributed by atoms with Crippen molar-refractivity contribution in [1.82, 2.24) is 5.16 Å². The summed E-state index contributed by atoms with van der Waals surface area (Å²) in [6, 6.07) is 1.73. The van der Waals surface area contributed by atoms with Crippen LogP contribution in [0.25, 0.3) is 0 Å². The second kappa shape index (κ2) is 4.04. The largest absolute Gasteiger partial charge is 0.353 e. The Labute approximate surface area is 71.7 Å². The third-order valence-corrected chi connectivity index (χ3v) is 1.66. The number of carbonyl (C=O) groups is 1. The van der Waals surface area contributed by atoms with Crippen molar-refractivity contribution >= 4 is 5.78 Å². The molecule has 3 nitrogen and oxygen atoms in total. The van der Waals surface area contributed by atoms with Crippen LogP contribution in [0.2, 0.25) is 0 Å². The molecule has 0 saturated heterocycles. The number of aryl methyl sites for hydroxylation is 1. The Kier molecular flexibility index (Phi) is 3.02. The second-order valence-corrected chi connectivity index (χ2v) is 2.71. The first-order valence-corrected chi connectivity index (χ1v) is 4.26. The minimum Gasteiger partial charge on any atom is -0.353 e. The minimum atomic E-state index is 0.0184. The zero-order chi connectivity index (χ0) is 8.97. The smallest absolute Gasteiger partial charge is 0.202 e. The van der Waals surface area contributed by atoms with Crippen LogP contribution in [-0.2, 0) is 6.42 Å². The third-order valence-electron chi connectivity index (χ3n) is 1.66. The Morgan fingerprint density at radius 1 is 1.58 bits per heavy atom. The Balaban J connectivity index is 2.70. The van der Waals surface area contributed by atoms with E-state index < -0.39 is 0 Å². The van der Waals surface area contributed by atoms with Crippen molar-refractivity contribution in [3.8, 4) is 0 Å². The maximum Gasteiger partial charge on any atom is 0.202 e. The van der Waals surface area contributed by atoms with Crippen LogP contribution in [0.1, 0.15) is 42.9 Å². The Morgan fingerprint density at radius 3 is 2.92 bits per heavy atom. The molecule has 0 aliphatic rings. The van der Waals surface area contributed by atoms with Gasteiger partial charge < -0.3 is 4.52 Å². The molecule has 3 heteroatoms. The number of hydrogen-bond donors (Lipinski definition) is 0. The van der Waals surface area contributed by atoms with E-state index >= 15 is 0 Å². The predicted molar refractivity (Wildman–Crippen MR) is 45.1 cm³/mol. The fourth-order valence-electron chi connectivity index (χ4n) is 0.991. The molecule has 1 heterocycles. The molecule has 0 fully saturated rings. The zero-order valence-electron chi connectivity index (χ0n) is 7.46. The molecule has 0 aliphatic heterocycles. The molecular weight excluding hydrogens is 154 g/mol. The molecule has 1 aromatic rings. The number of nitrogens with zero attached hydrogens (tertiary/aromatic N) is 1. The van der Waals surface area contributed by atoms with E-state index in [1.54, 1.807) is 6.07 Å². The van der Waals surface area contributed by atoms with Gasteiger partial charge in [0, 0.05) is 12.5 Å². The highest BCUT2D eigenvalue weighted by Gasteiger charge is 2.09. The normalized spacial score (nSPS) is 10.2. The van der Waals surface area contributed by atoms with Crippen LogP contribution in [0.3, 0.4) is 0 Å². The summed E-state index contributed by atoms with van der Waals surface area (Å²) >= 11 is 0. The zero-order valence-corrected chi connectivity index (χ0v) is 7.46. The Hall–Kier alpha value is -1.12. The number of aromatic nitrogens is 1. The van der Waals surface area contributed by atoms with Gasteiger partial charge >= 0.3 is 0 Å². The van der Waals surface area contributed by atoms with Crippen LogP contribution < -0.4 is 0 Å². The van der Waals surface area contributed by atoms with Gasteiger partial charge in [-0.15, -0.1) is 0 Å². The van der Waals surface area contributed by atoms with E-state index in [1.165, 1.54) is 0 Å². The standard InChI is InChI=1S/C9H13NO2/c1-3-5-7-6-9(12-10-7)8(11)4-2/h6H,3-5H2,1-2H3. The summed E-state index contributed by atoms with van der Waals surface area (Å²) in [5.41, 5.74) is 0.870. The highest BCUT2D eigenvalue weighted by Crippen LogP contribution is 2.07. The molecule has 1 aromatic heterocycles. The van der Waals surface area contributed by atoms with Crippen molar-refractivity contribution in [2.24, 2.45) is 0 Å². The first-order valence-electron chi connectivity index (χ1n) is 4.26. The summed E-state index contributed by atoms with van der Waals surface area (Å²) in [5, 5.41) is 3.78. The number of ketones is 1. The molecule has 0 unspecified atom stereocenters. The molecule has 0 aliphatic carbocycles. The number of carbonyl (C=O) groups excluding carboxylic acids is 1. The van der Waals surface area contributed by atoms with Crippen LogP contribution >= 0.6 is 0 Å². The van der Waals surface area contributed by atoms with E-state index in [4.69, 9.17) is 4.52 Å². The minimum absolute atomic E-state index is 0.0184. The summed E-state index contributed by atoms with van der Waals surface area (Å²) in [5.74, 6) is 0.408. The predicted octanol–water partition coefficient (Wildman–Crippen LogP) is 2.22. The molecule has 12 heavy (non-hydrogen) atoms. The van der Waals surface area contributed by atoms with E-state index in [0.29, 0.717) is 12.2 Å². The molecule has 0 saturated carbocycles. The number of Topliss-reactive ketones (excluding diaryl/α,β-unsaturated/α-hetero) is 1. The van der Waals surface area contributed by atoms with E-state index in [-0.39, 0.29) is 5.78 Å². The van der Waals surface area contributed by atoms with Crippen LogP contribution in [0, 0.1) is 0 Å². The van der Waals surface area contributed by atoms with Gasteiger partial charge in [-0.25, -0.2) is 0 Å². The summed E-state index contributed by atoms with van der Waals surface area (Å²) in [4.78, 5) is 11.1. The molecule has 1 rings (SSSR count). The SMILES string of the molecule is CCCc1cc(C(=O)CC)on1. The van der Waals surface area contributed by atoms with Gasteiger partial charge in [0.2, 0.25) is 11.5 Å². The van der Waals surface area contributed by atoms with E-state index in [0.717, 1.165) is 18.5 Å². The van der Waals surface area contributed by atoms with Crippen molar-refractivity contribution in [3.05, 3.63) is 17.5 Å². The molecule has 0 N–H and O–H groups in total. The fourth-order valence-corrected chi connectivity index (χ4v) is 0.991. The van der Waals surface area contributed by atoms with Gasteiger partial charge in [0.25, 0.3) is 0 Å². The maximum atomic E-state index is 11.1. The van der Waals surface area contributed by atoms with Gasteiger partial charge in [-0.2, -0.15) is 0 Å². The van der Waals surface area contributed by atoms with E-state index in [9.17, 15) is 4.79 Å². The lowest BCUT2D eigenvalue weighted by molar-refractivity contribution is 0.0952. The van der Waals surface area contributed by atoms with Gasteiger partial charge in [-0.05, 0) is 6.42 Å². The average molecular weight is 167 g/mol. The van der Waals surface area contributed by atoms with Gasteiger partial charge in [-0.1, -0.05) is 25.4 Å². The van der Waals surface area contributed by atoms with Gasteiger partial charge in [0.1, 0.15) is 0 Å². The van der Waals surface area contributed by atoms with Crippen LogP contribution in [-0.4, -0.2) is 10.9 Å². The Bertz CT molecular complexity index is 265. The summed E-state index contributed by atoms with van der Waals surface area (Å²) in [6.45, 7) is 3.88. The van der Waals surface area contributed by atoms with E-state index in [1.807, 2.05) is 6.92 Å². The lowest BCUT2D eigenvalue weighted by Gasteiger charge is -1.85. The summed E-state index contributed by atoms with van der Waals surface area (Å²) < 4.78 is 4.87. The first-order chi connectivity index (χ1) is 5.77. The first kappa shape index (κ1) is 8.97. The highest BCUT2D eigenvalue weighted by atomic mass is 16.5. The molecule has 0 bridgehead atoms. The molecule has 0 atom stereocenters. The van der Waals surface area contributed by atoms with Crippen LogP contribution in [0.4, 0.5) is 0 Å². The van der Waals surface area contributed by atoms with E-state index in [2.05, 4.69) is 12.1 Å². The molecule has 66 valence electrons. The average Bonchev–Trinajstić information content (AvgIpc) is 2.52. The van der Waals surface area contributed by atoms with Crippen LogP contribution in [0.5, 0.6) is 0 Å². The lowest BCUT2D eigenvalue weighted by Crippen LogP contribution is -1.92. The molecule has 0 radical (unpaired) electrons. The number of hydrogen-bond acceptors (Lipinski definition) is 3. The topological polar surface area (TPSA) is 43.1 Å². The molecule has 0 amide bonds.